The number of hydrogen-bond acceptors (Lipinski definition) is 5. The fourth-order valence-electron chi connectivity index (χ4n) is 4.34. The van der Waals surface area contributed by atoms with Gasteiger partial charge in [0, 0.05) is 24.8 Å². The van der Waals surface area contributed by atoms with E-state index >= 15 is 0 Å². The predicted octanol–water partition coefficient (Wildman–Crippen LogP) is 3.58. The van der Waals surface area contributed by atoms with Gasteiger partial charge in [-0.25, -0.2) is 13.6 Å². The number of aliphatic carboxylic acids is 1. The molecule has 4 rings (SSSR count). The number of carbonyl (C=O) groups is 3. The van der Waals surface area contributed by atoms with Gasteiger partial charge in [-0.3, -0.25) is 9.59 Å². The van der Waals surface area contributed by atoms with Crippen LogP contribution < -0.4 is 5.32 Å². The van der Waals surface area contributed by atoms with Crippen LogP contribution in [-0.2, 0) is 14.3 Å². The van der Waals surface area contributed by atoms with Crippen molar-refractivity contribution in [1.29, 1.82) is 0 Å². The summed E-state index contributed by atoms with van der Waals surface area (Å²) in [7, 11) is 0. The Morgan fingerprint density at radius 3 is 2.29 bits per heavy atom. The molecule has 2 amide bonds. The molecule has 1 heterocycles. The summed E-state index contributed by atoms with van der Waals surface area (Å²) in [4.78, 5) is 37.3. The standard InChI is InChI=1S/C24H24F2N2O5S/c25-22(26)19(11-21(29)28-9-10-34-20(12-28)23(30)31)27-24(32)33-13-18-16-7-3-1-5-14(16)15-6-2-4-8-17(15)18/h1-8,18-20,22H,9-13H2,(H,27,32)(H,30,31). The molecule has 0 bridgehead atoms. The third-order valence-electron chi connectivity index (χ3n) is 6.04. The zero-order valence-electron chi connectivity index (χ0n) is 18.2. The lowest BCUT2D eigenvalue weighted by molar-refractivity contribution is -0.138. The predicted molar refractivity (Wildman–Crippen MR) is 123 cm³/mol. The van der Waals surface area contributed by atoms with E-state index in [1.54, 1.807) is 0 Å². The number of alkyl carbamates (subject to hydrolysis) is 1. The molecule has 1 aliphatic heterocycles. The van der Waals surface area contributed by atoms with Crippen molar-refractivity contribution in [2.24, 2.45) is 0 Å². The van der Waals surface area contributed by atoms with Crippen LogP contribution >= 0.6 is 11.8 Å². The molecule has 1 saturated heterocycles. The third-order valence-corrected chi connectivity index (χ3v) is 7.21. The molecule has 2 aliphatic rings. The Kier molecular flexibility index (Phi) is 7.35. The van der Waals surface area contributed by atoms with Gasteiger partial charge in [0.15, 0.2) is 0 Å². The molecular formula is C24H24F2N2O5S. The van der Waals surface area contributed by atoms with E-state index in [1.807, 2.05) is 48.5 Å². The topological polar surface area (TPSA) is 95.9 Å². The number of hydrogen-bond donors (Lipinski definition) is 2. The number of fused-ring (bicyclic) bond motifs is 3. The highest BCUT2D eigenvalue weighted by atomic mass is 32.2. The Morgan fingerprint density at radius 1 is 1.09 bits per heavy atom. The van der Waals surface area contributed by atoms with E-state index in [2.05, 4.69) is 5.32 Å². The minimum Gasteiger partial charge on any atom is -0.480 e. The van der Waals surface area contributed by atoms with Gasteiger partial charge in [-0.05, 0) is 22.3 Å². The highest BCUT2D eigenvalue weighted by molar-refractivity contribution is 8.00. The van der Waals surface area contributed by atoms with Gasteiger partial charge in [-0.2, -0.15) is 0 Å². The van der Waals surface area contributed by atoms with Gasteiger partial charge in [0.2, 0.25) is 5.91 Å². The SMILES string of the molecule is O=C(NC(CC(=O)N1CCSC(C(=O)O)C1)C(F)F)OCC1c2ccccc2-c2ccccc21. The average molecular weight is 491 g/mol. The van der Waals surface area contributed by atoms with Crippen molar-refractivity contribution in [1.82, 2.24) is 10.2 Å². The summed E-state index contributed by atoms with van der Waals surface area (Å²) in [6, 6.07) is 13.8. The minimum absolute atomic E-state index is 0.0343. The molecule has 1 fully saturated rings. The quantitative estimate of drug-likeness (QED) is 0.616. The summed E-state index contributed by atoms with van der Waals surface area (Å²) in [5, 5.41) is 10.5. The normalized spacial score (nSPS) is 18.2. The molecular weight excluding hydrogens is 466 g/mol. The number of nitrogens with zero attached hydrogens (tertiary/aromatic N) is 1. The van der Waals surface area contributed by atoms with Gasteiger partial charge in [0.25, 0.3) is 6.43 Å². The van der Waals surface area contributed by atoms with Crippen molar-refractivity contribution in [2.45, 2.75) is 30.1 Å². The molecule has 7 nitrogen and oxygen atoms in total. The van der Waals surface area contributed by atoms with Crippen molar-refractivity contribution in [3.05, 3.63) is 59.7 Å². The first-order chi connectivity index (χ1) is 16.3. The first-order valence-corrected chi connectivity index (χ1v) is 11.9. The lowest BCUT2D eigenvalue weighted by atomic mass is 9.98. The Bertz CT molecular complexity index is 1040. The van der Waals surface area contributed by atoms with Gasteiger partial charge in [0.1, 0.15) is 17.9 Å². The summed E-state index contributed by atoms with van der Waals surface area (Å²) >= 11 is 1.21. The van der Waals surface area contributed by atoms with E-state index in [4.69, 9.17) is 9.84 Å². The molecule has 180 valence electrons. The molecule has 0 saturated carbocycles. The molecule has 34 heavy (non-hydrogen) atoms. The second-order valence-corrected chi connectivity index (χ2v) is 9.46. The van der Waals surface area contributed by atoms with Crippen molar-refractivity contribution >= 4 is 29.7 Å². The van der Waals surface area contributed by atoms with Gasteiger partial charge in [-0.15, -0.1) is 11.8 Å². The maximum absolute atomic E-state index is 13.6. The summed E-state index contributed by atoms with van der Waals surface area (Å²) in [6.07, 6.45) is -4.66. The number of carboxylic acids is 1. The van der Waals surface area contributed by atoms with Crippen LogP contribution in [0.3, 0.4) is 0 Å². The van der Waals surface area contributed by atoms with Crippen LogP contribution in [0.15, 0.2) is 48.5 Å². The molecule has 1 aliphatic carbocycles. The van der Waals surface area contributed by atoms with Crippen molar-refractivity contribution in [2.75, 3.05) is 25.4 Å². The lowest BCUT2D eigenvalue weighted by Crippen LogP contribution is -2.48. The van der Waals surface area contributed by atoms with E-state index in [-0.39, 0.29) is 25.6 Å². The first-order valence-electron chi connectivity index (χ1n) is 10.9. The van der Waals surface area contributed by atoms with E-state index in [9.17, 15) is 23.2 Å². The Morgan fingerprint density at radius 2 is 1.71 bits per heavy atom. The molecule has 2 aromatic carbocycles. The summed E-state index contributed by atoms with van der Waals surface area (Å²) in [5.74, 6) is -1.49. The fourth-order valence-corrected chi connectivity index (χ4v) is 5.38. The van der Waals surface area contributed by atoms with Gasteiger partial charge >= 0.3 is 12.1 Å². The molecule has 2 aromatic rings. The number of halogens is 2. The van der Waals surface area contributed by atoms with Crippen LogP contribution in [0.2, 0.25) is 0 Å². The summed E-state index contributed by atoms with van der Waals surface area (Å²) in [5.41, 5.74) is 4.08. The monoisotopic (exact) mass is 490 g/mol. The van der Waals surface area contributed by atoms with E-state index in [0.29, 0.717) is 5.75 Å². The van der Waals surface area contributed by atoms with Gasteiger partial charge in [0.05, 0.1) is 6.42 Å². The number of carboxylic acid groups (broad SMARTS) is 1. The zero-order chi connectivity index (χ0) is 24.2. The van der Waals surface area contributed by atoms with Crippen LogP contribution in [0.1, 0.15) is 23.5 Å². The second kappa shape index (κ2) is 10.4. The van der Waals surface area contributed by atoms with Crippen LogP contribution in [-0.4, -0.2) is 71.1 Å². The second-order valence-electron chi connectivity index (χ2n) is 8.15. The first kappa shape index (κ1) is 24.0. The van der Waals surface area contributed by atoms with Crippen molar-refractivity contribution in [3.8, 4) is 11.1 Å². The number of benzene rings is 2. The highest BCUT2D eigenvalue weighted by Gasteiger charge is 2.33. The number of alkyl halides is 2. The fraction of sp³-hybridized carbons (Fsp3) is 0.375. The van der Waals surface area contributed by atoms with Crippen LogP contribution in [0, 0.1) is 0 Å². The molecule has 2 N–H and O–H groups in total. The summed E-state index contributed by atoms with van der Waals surface area (Å²) < 4.78 is 32.5. The Labute approximate surface area is 199 Å². The third kappa shape index (κ3) is 5.16. The number of nitrogens with one attached hydrogen (secondary N) is 1. The van der Waals surface area contributed by atoms with Crippen LogP contribution in [0.5, 0.6) is 0 Å². The Balaban J connectivity index is 1.36. The molecule has 0 aromatic heterocycles. The van der Waals surface area contributed by atoms with E-state index in [1.165, 1.54) is 16.7 Å². The van der Waals surface area contributed by atoms with Crippen molar-refractivity contribution in [3.63, 3.8) is 0 Å². The maximum atomic E-state index is 13.6. The maximum Gasteiger partial charge on any atom is 0.407 e. The molecule has 0 radical (unpaired) electrons. The Hall–Kier alpha value is -3.14. The number of ether oxygens (including phenoxy) is 1. The largest absolute Gasteiger partial charge is 0.480 e. The van der Waals surface area contributed by atoms with Crippen molar-refractivity contribution < 1.29 is 33.0 Å². The van der Waals surface area contributed by atoms with E-state index in [0.717, 1.165) is 22.3 Å². The molecule has 10 heteroatoms. The minimum atomic E-state index is -2.99. The van der Waals surface area contributed by atoms with Crippen LogP contribution in [0.4, 0.5) is 13.6 Å². The van der Waals surface area contributed by atoms with Gasteiger partial charge < -0.3 is 20.1 Å². The molecule has 2 unspecified atom stereocenters. The van der Waals surface area contributed by atoms with Gasteiger partial charge in [-0.1, -0.05) is 48.5 Å². The smallest absolute Gasteiger partial charge is 0.407 e. The summed E-state index contributed by atoms with van der Waals surface area (Å²) in [6.45, 7) is 0.182. The highest BCUT2D eigenvalue weighted by Crippen LogP contribution is 2.44. The van der Waals surface area contributed by atoms with Crippen LogP contribution in [0.25, 0.3) is 11.1 Å². The molecule has 2 atom stereocenters. The number of thioether (sulfide) groups is 1. The number of carbonyl (C=O) groups excluding carboxylic acids is 2. The lowest BCUT2D eigenvalue weighted by Gasteiger charge is -2.31. The zero-order valence-corrected chi connectivity index (χ0v) is 19.0. The number of amides is 2. The number of rotatable bonds is 7. The average Bonchev–Trinajstić information content (AvgIpc) is 3.16. The van der Waals surface area contributed by atoms with E-state index < -0.39 is 42.1 Å². The molecule has 0 spiro atoms.